The van der Waals surface area contributed by atoms with Gasteiger partial charge in [-0.2, -0.15) is 0 Å². The normalized spacial score (nSPS) is 11.7. The second-order valence-electron chi connectivity index (χ2n) is 0.849. The van der Waals surface area contributed by atoms with Crippen LogP contribution in [0.1, 0.15) is 0 Å². The zero-order chi connectivity index (χ0) is 5.21. The lowest BCUT2D eigenvalue weighted by molar-refractivity contribution is 0.600. The van der Waals surface area contributed by atoms with Gasteiger partial charge in [-0.25, -0.2) is 8.42 Å². The van der Waals surface area contributed by atoms with E-state index < -0.39 is 10.0 Å². The molecule has 0 radical (unpaired) electrons. The molecule has 0 aliphatic heterocycles. The van der Waals surface area contributed by atoms with E-state index in [1.807, 2.05) is 0 Å². The highest BCUT2D eigenvalue weighted by molar-refractivity contribution is 7.89. The minimum absolute atomic E-state index is 0.972. The molecule has 1 N–H and O–H groups in total. The molecule has 0 aliphatic carbocycles. The molecular formula is CH4ClNO2S. The van der Waals surface area contributed by atoms with E-state index in [2.05, 4.69) is 11.8 Å². The Balaban J connectivity index is 3.85. The third-order valence-corrected chi connectivity index (χ3v) is 1.26. The standard InChI is InChI=1S/CH4ClNO2S/c1-6(4,5)3-2/h3H,1H3. The summed E-state index contributed by atoms with van der Waals surface area (Å²) in [6, 6.07) is 0. The molecule has 38 valence electrons. The minimum atomic E-state index is -3.15. The van der Waals surface area contributed by atoms with Crippen LogP contribution in [0.3, 0.4) is 0 Å². The van der Waals surface area contributed by atoms with E-state index in [9.17, 15) is 8.42 Å². The first-order chi connectivity index (χ1) is 2.56. The van der Waals surface area contributed by atoms with Gasteiger partial charge in [-0.05, 0) is 11.8 Å². The highest BCUT2D eigenvalue weighted by Gasteiger charge is 1.90. The lowest BCUT2D eigenvalue weighted by atomic mass is 12.0. The Labute approximate surface area is 41.5 Å². The maximum absolute atomic E-state index is 9.76. The maximum atomic E-state index is 9.76. The van der Waals surface area contributed by atoms with Crippen molar-refractivity contribution < 1.29 is 8.42 Å². The first-order valence-corrected chi connectivity index (χ1v) is 3.40. The molecule has 0 amide bonds. The Morgan fingerprint density at radius 3 is 1.83 bits per heavy atom. The molecule has 6 heavy (non-hydrogen) atoms. The summed E-state index contributed by atoms with van der Waals surface area (Å²) >= 11 is 4.64. The van der Waals surface area contributed by atoms with E-state index in [0.29, 0.717) is 0 Å². The number of sulfonamides is 1. The van der Waals surface area contributed by atoms with Crippen LogP contribution in [0, 0.1) is 0 Å². The fourth-order valence-electron chi connectivity index (χ4n) is 0. The Bertz CT molecular complexity index is 116. The summed E-state index contributed by atoms with van der Waals surface area (Å²) in [5.41, 5.74) is 0. The van der Waals surface area contributed by atoms with Gasteiger partial charge in [0.25, 0.3) is 0 Å². The molecule has 0 saturated carbocycles. The molecular weight excluding hydrogens is 126 g/mol. The van der Waals surface area contributed by atoms with Crippen LogP contribution in [-0.2, 0) is 10.0 Å². The van der Waals surface area contributed by atoms with Gasteiger partial charge in [-0.15, -0.1) is 4.24 Å². The van der Waals surface area contributed by atoms with Gasteiger partial charge in [0.1, 0.15) is 0 Å². The van der Waals surface area contributed by atoms with Crippen LogP contribution in [0.2, 0.25) is 0 Å². The van der Waals surface area contributed by atoms with E-state index in [1.54, 1.807) is 4.24 Å². The van der Waals surface area contributed by atoms with E-state index >= 15 is 0 Å². The average Bonchev–Trinajstić information content (AvgIpc) is 1.35. The summed E-state index contributed by atoms with van der Waals surface area (Å²) in [5, 5.41) is 0. The van der Waals surface area contributed by atoms with Gasteiger partial charge in [-0.3, -0.25) is 0 Å². The molecule has 5 heteroatoms. The molecule has 0 fully saturated rings. The van der Waals surface area contributed by atoms with Gasteiger partial charge in [0.05, 0.1) is 6.26 Å². The van der Waals surface area contributed by atoms with Gasteiger partial charge in [0.2, 0.25) is 10.0 Å². The summed E-state index contributed by atoms with van der Waals surface area (Å²) in [7, 11) is -3.15. The zero-order valence-electron chi connectivity index (χ0n) is 3.10. The predicted octanol–water partition coefficient (Wildman–Crippen LogP) is -0.311. The molecule has 3 nitrogen and oxygen atoms in total. The van der Waals surface area contributed by atoms with Crippen molar-refractivity contribution >= 4 is 21.8 Å². The second-order valence-corrected chi connectivity index (χ2v) is 3.01. The van der Waals surface area contributed by atoms with Gasteiger partial charge in [-0.1, -0.05) is 0 Å². The molecule has 0 aliphatic rings. The molecule has 0 rings (SSSR count). The number of nitrogens with one attached hydrogen (secondary N) is 1. The van der Waals surface area contributed by atoms with Crippen molar-refractivity contribution in [1.29, 1.82) is 0 Å². The maximum Gasteiger partial charge on any atom is 0.222 e. The molecule has 0 aromatic heterocycles. The highest BCUT2D eigenvalue weighted by Crippen LogP contribution is 1.71. The quantitative estimate of drug-likeness (QED) is 0.494. The summed E-state index contributed by atoms with van der Waals surface area (Å²) in [5.74, 6) is 0. The van der Waals surface area contributed by atoms with Gasteiger partial charge >= 0.3 is 0 Å². The molecule has 0 atom stereocenters. The van der Waals surface area contributed by atoms with Crippen molar-refractivity contribution in [2.75, 3.05) is 6.26 Å². The van der Waals surface area contributed by atoms with Gasteiger partial charge in [0, 0.05) is 0 Å². The van der Waals surface area contributed by atoms with Crippen LogP contribution in [0.5, 0.6) is 0 Å². The van der Waals surface area contributed by atoms with Gasteiger partial charge < -0.3 is 0 Å². The van der Waals surface area contributed by atoms with Crippen molar-refractivity contribution in [2.24, 2.45) is 0 Å². The van der Waals surface area contributed by atoms with E-state index in [4.69, 9.17) is 0 Å². The Morgan fingerprint density at radius 2 is 1.83 bits per heavy atom. The van der Waals surface area contributed by atoms with Crippen LogP contribution in [0.25, 0.3) is 0 Å². The monoisotopic (exact) mass is 129 g/mol. The molecule has 0 unspecified atom stereocenters. The van der Waals surface area contributed by atoms with Gasteiger partial charge in [0.15, 0.2) is 0 Å². The first kappa shape index (κ1) is 6.20. The number of hydrogen-bond donors (Lipinski definition) is 1. The minimum Gasteiger partial charge on any atom is -0.212 e. The lowest BCUT2D eigenvalue weighted by Gasteiger charge is -1.82. The van der Waals surface area contributed by atoms with Crippen molar-refractivity contribution in [3.8, 4) is 0 Å². The molecule has 0 bridgehead atoms. The molecule has 0 spiro atoms. The third-order valence-electron chi connectivity index (χ3n) is 0.140. The second kappa shape index (κ2) is 1.77. The topological polar surface area (TPSA) is 46.2 Å². The van der Waals surface area contributed by atoms with E-state index in [1.165, 1.54) is 0 Å². The number of halogens is 1. The summed E-state index contributed by atoms with van der Waals surface area (Å²) < 4.78 is 21.1. The van der Waals surface area contributed by atoms with Crippen molar-refractivity contribution in [2.45, 2.75) is 0 Å². The molecule has 0 aromatic carbocycles. The fraction of sp³-hybridized carbons (Fsp3) is 1.00. The Hall–Kier alpha value is 0.200. The van der Waals surface area contributed by atoms with Crippen molar-refractivity contribution in [3.63, 3.8) is 0 Å². The summed E-state index contributed by atoms with van der Waals surface area (Å²) in [6.45, 7) is 0. The van der Waals surface area contributed by atoms with Crippen molar-refractivity contribution in [1.82, 2.24) is 4.24 Å². The molecule has 0 saturated heterocycles. The van der Waals surface area contributed by atoms with Crippen LogP contribution in [-0.4, -0.2) is 14.7 Å². The van der Waals surface area contributed by atoms with Crippen molar-refractivity contribution in [3.05, 3.63) is 0 Å². The number of hydrogen-bond acceptors (Lipinski definition) is 2. The zero-order valence-corrected chi connectivity index (χ0v) is 4.68. The predicted molar refractivity (Wildman–Crippen MR) is 23.8 cm³/mol. The van der Waals surface area contributed by atoms with Crippen LogP contribution in [0.4, 0.5) is 0 Å². The summed E-state index contributed by atoms with van der Waals surface area (Å²) in [4.78, 5) is 0. The summed E-state index contributed by atoms with van der Waals surface area (Å²) in [6.07, 6.45) is 0.972. The SMILES string of the molecule is CS(=O)(=O)NCl. The lowest BCUT2D eigenvalue weighted by Crippen LogP contribution is -2.09. The smallest absolute Gasteiger partial charge is 0.212 e. The van der Waals surface area contributed by atoms with Crippen LogP contribution in [0.15, 0.2) is 0 Å². The van der Waals surface area contributed by atoms with Crippen LogP contribution < -0.4 is 4.24 Å². The molecule has 0 aromatic rings. The third kappa shape index (κ3) is 4.20. The van der Waals surface area contributed by atoms with E-state index in [-0.39, 0.29) is 0 Å². The Morgan fingerprint density at radius 1 is 1.67 bits per heavy atom. The van der Waals surface area contributed by atoms with Crippen LogP contribution >= 0.6 is 11.8 Å². The average molecular weight is 130 g/mol. The Kier molecular flexibility index (Phi) is 1.83. The number of rotatable bonds is 1. The highest BCUT2D eigenvalue weighted by atomic mass is 35.5. The fourth-order valence-corrected chi connectivity index (χ4v) is 0. The van der Waals surface area contributed by atoms with E-state index in [0.717, 1.165) is 6.26 Å². The molecule has 0 heterocycles. The first-order valence-electron chi connectivity index (χ1n) is 1.13. The largest absolute Gasteiger partial charge is 0.222 e.